The van der Waals surface area contributed by atoms with Gasteiger partial charge in [0.2, 0.25) is 0 Å². The van der Waals surface area contributed by atoms with E-state index in [2.05, 4.69) is 217 Å². The first-order valence-electron chi connectivity index (χ1n) is 19.0. The minimum atomic E-state index is 1.11. The minimum Gasteiger partial charge on any atom is -0.310 e. The second-order valence-electron chi connectivity index (χ2n) is 14.5. The van der Waals surface area contributed by atoms with Gasteiger partial charge in [0.05, 0.1) is 0 Å². The molecule has 55 heavy (non-hydrogen) atoms. The SMILES string of the molecule is c1cc(-c2ccc(-c3cccc4ccccc34)cc2)cc(N(c2ccc3ccc4ccccc4c3c2)c2ccc3c4ccccc4c4ccccc4c3c2)c1. The van der Waals surface area contributed by atoms with E-state index in [-0.39, 0.29) is 0 Å². The molecule has 0 N–H and O–H groups in total. The van der Waals surface area contributed by atoms with E-state index < -0.39 is 0 Å². The normalized spacial score (nSPS) is 11.6. The summed E-state index contributed by atoms with van der Waals surface area (Å²) < 4.78 is 0. The summed E-state index contributed by atoms with van der Waals surface area (Å²) in [6, 6.07) is 77.9. The molecule has 0 saturated heterocycles. The van der Waals surface area contributed by atoms with Crippen molar-refractivity contribution >= 4 is 81.7 Å². The number of anilines is 3. The van der Waals surface area contributed by atoms with Crippen molar-refractivity contribution in [3.8, 4) is 22.3 Å². The Bertz CT molecular complexity index is 3220. The van der Waals surface area contributed by atoms with Crippen LogP contribution in [0.5, 0.6) is 0 Å². The van der Waals surface area contributed by atoms with Crippen LogP contribution in [-0.4, -0.2) is 0 Å². The van der Waals surface area contributed by atoms with Crippen molar-refractivity contribution in [1.82, 2.24) is 0 Å². The quantitative estimate of drug-likeness (QED) is 0.162. The van der Waals surface area contributed by atoms with Crippen LogP contribution in [0.15, 0.2) is 212 Å². The third-order valence-electron chi connectivity index (χ3n) is 11.4. The maximum absolute atomic E-state index is 2.43. The average molecular weight is 698 g/mol. The van der Waals surface area contributed by atoms with Crippen molar-refractivity contribution in [1.29, 1.82) is 0 Å². The Balaban J connectivity index is 1.09. The van der Waals surface area contributed by atoms with E-state index in [1.165, 1.54) is 86.9 Å². The number of rotatable bonds is 5. The molecule has 0 saturated carbocycles. The molecule has 0 aliphatic rings. The van der Waals surface area contributed by atoms with Crippen LogP contribution in [0, 0.1) is 0 Å². The van der Waals surface area contributed by atoms with E-state index in [9.17, 15) is 0 Å². The first-order valence-corrected chi connectivity index (χ1v) is 19.0. The average Bonchev–Trinajstić information content (AvgIpc) is 3.26. The van der Waals surface area contributed by atoms with Crippen molar-refractivity contribution in [3.05, 3.63) is 212 Å². The summed E-state index contributed by atoms with van der Waals surface area (Å²) in [4.78, 5) is 2.43. The second-order valence-corrected chi connectivity index (χ2v) is 14.5. The first kappa shape index (κ1) is 31.3. The van der Waals surface area contributed by atoms with Crippen molar-refractivity contribution in [3.63, 3.8) is 0 Å². The molecule has 0 bridgehead atoms. The van der Waals surface area contributed by atoms with Gasteiger partial charge < -0.3 is 4.90 Å². The van der Waals surface area contributed by atoms with Crippen LogP contribution >= 0.6 is 0 Å². The highest BCUT2D eigenvalue weighted by Crippen LogP contribution is 2.43. The fourth-order valence-corrected chi connectivity index (χ4v) is 8.75. The Morgan fingerprint density at radius 1 is 0.218 bits per heavy atom. The van der Waals surface area contributed by atoms with Crippen molar-refractivity contribution < 1.29 is 0 Å². The summed E-state index contributed by atoms with van der Waals surface area (Å²) in [6.45, 7) is 0. The Hall–Kier alpha value is -7.22. The highest BCUT2D eigenvalue weighted by Gasteiger charge is 2.17. The molecule has 0 aliphatic heterocycles. The number of hydrogen-bond acceptors (Lipinski definition) is 1. The van der Waals surface area contributed by atoms with Crippen LogP contribution in [0.25, 0.3) is 86.9 Å². The van der Waals surface area contributed by atoms with Gasteiger partial charge in [0.15, 0.2) is 0 Å². The van der Waals surface area contributed by atoms with Gasteiger partial charge in [0.1, 0.15) is 0 Å². The van der Waals surface area contributed by atoms with Crippen LogP contribution < -0.4 is 4.90 Å². The molecule has 1 heteroatoms. The smallest absolute Gasteiger partial charge is 0.0468 e. The van der Waals surface area contributed by atoms with Gasteiger partial charge in [-0.05, 0) is 123 Å². The summed E-state index contributed by atoms with van der Waals surface area (Å²) in [5.41, 5.74) is 8.19. The standard InChI is InChI=1S/C54H35N/c1-3-16-45-37(11-1)13-10-22-46(45)39-25-23-36(24-26-39)41-14-9-15-42(33-41)55(43-30-29-40-28-27-38-12-2-4-17-47(38)53(40)34-43)44-31-32-52-50-20-6-5-18-48(50)49-19-7-8-21-51(49)54(52)35-44/h1-35H. The predicted molar refractivity (Wildman–Crippen MR) is 237 cm³/mol. The number of nitrogens with zero attached hydrogens (tertiary/aromatic N) is 1. The van der Waals surface area contributed by atoms with E-state index in [0.29, 0.717) is 0 Å². The molecule has 11 aromatic rings. The first-order chi connectivity index (χ1) is 27.3. The molecule has 0 aromatic heterocycles. The highest BCUT2D eigenvalue weighted by atomic mass is 15.1. The molecular weight excluding hydrogens is 663 g/mol. The van der Waals surface area contributed by atoms with E-state index in [1.807, 2.05) is 0 Å². The fraction of sp³-hybridized carbons (Fsp3) is 0. The monoisotopic (exact) mass is 697 g/mol. The molecular formula is C54H35N. The predicted octanol–water partition coefficient (Wildman–Crippen LogP) is 15.4. The van der Waals surface area contributed by atoms with Crippen LogP contribution in [0.4, 0.5) is 17.1 Å². The zero-order valence-corrected chi connectivity index (χ0v) is 30.2. The number of hydrogen-bond donors (Lipinski definition) is 0. The lowest BCUT2D eigenvalue weighted by atomic mass is 9.93. The molecule has 11 aromatic carbocycles. The molecule has 11 rings (SSSR count). The fourth-order valence-electron chi connectivity index (χ4n) is 8.75. The van der Waals surface area contributed by atoms with Crippen molar-refractivity contribution in [2.24, 2.45) is 0 Å². The molecule has 0 amide bonds. The molecule has 0 spiro atoms. The minimum absolute atomic E-state index is 1.11. The van der Waals surface area contributed by atoms with Crippen LogP contribution in [0.1, 0.15) is 0 Å². The third kappa shape index (κ3) is 5.24. The summed E-state index contributed by atoms with van der Waals surface area (Å²) in [7, 11) is 0. The molecule has 0 radical (unpaired) electrons. The van der Waals surface area contributed by atoms with Crippen molar-refractivity contribution in [2.75, 3.05) is 4.90 Å². The summed E-state index contributed by atoms with van der Waals surface area (Å²) in [5.74, 6) is 0. The van der Waals surface area contributed by atoms with Gasteiger partial charge in [-0.1, -0.05) is 176 Å². The van der Waals surface area contributed by atoms with Gasteiger partial charge in [0.25, 0.3) is 0 Å². The van der Waals surface area contributed by atoms with E-state index >= 15 is 0 Å². The van der Waals surface area contributed by atoms with Crippen LogP contribution in [-0.2, 0) is 0 Å². The molecule has 0 heterocycles. The summed E-state index contributed by atoms with van der Waals surface area (Å²) in [5, 5.41) is 15.2. The number of fused-ring (bicyclic) bond motifs is 10. The summed E-state index contributed by atoms with van der Waals surface area (Å²) in [6.07, 6.45) is 0. The van der Waals surface area contributed by atoms with E-state index in [0.717, 1.165) is 17.1 Å². The van der Waals surface area contributed by atoms with Crippen molar-refractivity contribution in [2.45, 2.75) is 0 Å². The maximum Gasteiger partial charge on any atom is 0.0468 e. The molecule has 256 valence electrons. The van der Waals surface area contributed by atoms with Gasteiger partial charge in [0, 0.05) is 17.1 Å². The molecule has 0 unspecified atom stereocenters. The van der Waals surface area contributed by atoms with Gasteiger partial charge >= 0.3 is 0 Å². The summed E-state index contributed by atoms with van der Waals surface area (Å²) >= 11 is 0. The lowest BCUT2D eigenvalue weighted by Gasteiger charge is -2.27. The maximum atomic E-state index is 2.43. The Kier molecular flexibility index (Phi) is 7.25. The zero-order chi connectivity index (χ0) is 36.3. The number of benzene rings is 11. The Morgan fingerprint density at radius 2 is 0.673 bits per heavy atom. The Labute approximate surface area is 320 Å². The Morgan fingerprint density at radius 3 is 1.38 bits per heavy atom. The lowest BCUT2D eigenvalue weighted by molar-refractivity contribution is 1.30. The topological polar surface area (TPSA) is 3.24 Å². The van der Waals surface area contributed by atoms with Crippen LogP contribution in [0.3, 0.4) is 0 Å². The van der Waals surface area contributed by atoms with E-state index in [4.69, 9.17) is 0 Å². The molecule has 0 atom stereocenters. The van der Waals surface area contributed by atoms with E-state index in [1.54, 1.807) is 0 Å². The molecule has 1 nitrogen and oxygen atoms in total. The zero-order valence-electron chi connectivity index (χ0n) is 30.2. The highest BCUT2D eigenvalue weighted by molar-refractivity contribution is 6.26. The molecule has 0 aliphatic carbocycles. The van der Waals surface area contributed by atoms with Gasteiger partial charge in [-0.3, -0.25) is 0 Å². The van der Waals surface area contributed by atoms with Crippen LogP contribution in [0.2, 0.25) is 0 Å². The van der Waals surface area contributed by atoms with Gasteiger partial charge in [-0.15, -0.1) is 0 Å². The lowest BCUT2D eigenvalue weighted by Crippen LogP contribution is -2.10. The van der Waals surface area contributed by atoms with Gasteiger partial charge in [-0.2, -0.15) is 0 Å². The third-order valence-corrected chi connectivity index (χ3v) is 11.4. The molecule has 0 fully saturated rings. The van der Waals surface area contributed by atoms with Gasteiger partial charge in [-0.25, -0.2) is 0 Å². The largest absolute Gasteiger partial charge is 0.310 e. The second kappa shape index (κ2) is 12.7.